The Bertz CT molecular complexity index is 591. The van der Waals surface area contributed by atoms with Crippen molar-refractivity contribution >= 4 is 23.2 Å². The van der Waals surface area contributed by atoms with Crippen molar-refractivity contribution in [3.05, 3.63) is 41.4 Å². The fourth-order valence-corrected chi connectivity index (χ4v) is 2.88. The number of anilines is 2. The number of hydrogen-bond donors (Lipinski definition) is 1. The molecule has 3 nitrogen and oxygen atoms in total. The molecule has 0 saturated heterocycles. The van der Waals surface area contributed by atoms with Gasteiger partial charge in [0.25, 0.3) is 0 Å². The summed E-state index contributed by atoms with van der Waals surface area (Å²) >= 11 is 5.69. The molecule has 3 rings (SSSR count). The van der Waals surface area contributed by atoms with Crippen molar-refractivity contribution in [1.29, 1.82) is 0 Å². The van der Waals surface area contributed by atoms with Crippen molar-refractivity contribution in [1.82, 2.24) is 9.55 Å². The molecule has 1 aliphatic carbocycles. The predicted molar refractivity (Wildman–Crippen MR) is 79.0 cm³/mol. The van der Waals surface area contributed by atoms with E-state index >= 15 is 0 Å². The third-order valence-electron chi connectivity index (χ3n) is 3.81. The monoisotopic (exact) mass is 293 g/mol. The minimum Gasteiger partial charge on any atom is -0.326 e. The van der Waals surface area contributed by atoms with Crippen LogP contribution in [-0.4, -0.2) is 9.55 Å². The molecule has 0 aliphatic heterocycles. The van der Waals surface area contributed by atoms with Crippen LogP contribution in [0.5, 0.6) is 0 Å². The zero-order chi connectivity index (χ0) is 13.9. The molecule has 0 spiro atoms. The number of benzene rings is 1. The zero-order valence-electron chi connectivity index (χ0n) is 11.1. The van der Waals surface area contributed by atoms with E-state index in [4.69, 9.17) is 11.6 Å². The van der Waals surface area contributed by atoms with Crippen LogP contribution in [0, 0.1) is 5.82 Å². The number of aromatic nitrogens is 2. The first-order valence-electron chi connectivity index (χ1n) is 6.99. The second-order valence-electron chi connectivity index (χ2n) is 5.20. The third kappa shape index (κ3) is 2.80. The molecule has 1 aromatic heterocycles. The SMILES string of the molecule is Fc1cc(Nc2nccn2C2CCCCC2)ccc1Cl. The summed E-state index contributed by atoms with van der Waals surface area (Å²) in [5.74, 6) is 0.339. The molecular weight excluding hydrogens is 277 g/mol. The van der Waals surface area contributed by atoms with Gasteiger partial charge in [-0.1, -0.05) is 30.9 Å². The molecule has 0 amide bonds. The average Bonchev–Trinajstić information content (AvgIpc) is 2.92. The second-order valence-corrected chi connectivity index (χ2v) is 5.61. The highest BCUT2D eigenvalue weighted by molar-refractivity contribution is 6.30. The summed E-state index contributed by atoms with van der Waals surface area (Å²) in [6.07, 6.45) is 9.97. The van der Waals surface area contributed by atoms with Crippen molar-refractivity contribution in [2.75, 3.05) is 5.32 Å². The number of nitrogens with zero attached hydrogens (tertiary/aromatic N) is 2. The van der Waals surface area contributed by atoms with Crippen molar-refractivity contribution < 1.29 is 4.39 Å². The molecule has 1 heterocycles. The maximum atomic E-state index is 13.5. The summed E-state index contributed by atoms with van der Waals surface area (Å²) in [5.41, 5.74) is 0.662. The Labute approximate surface area is 122 Å². The molecule has 0 bridgehead atoms. The lowest BCUT2D eigenvalue weighted by Crippen LogP contribution is -2.14. The van der Waals surface area contributed by atoms with Crippen LogP contribution in [0.4, 0.5) is 16.0 Å². The van der Waals surface area contributed by atoms with Gasteiger partial charge in [-0.05, 0) is 31.0 Å². The Morgan fingerprint density at radius 3 is 2.80 bits per heavy atom. The van der Waals surface area contributed by atoms with Gasteiger partial charge in [-0.3, -0.25) is 0 Å². The van der Waals surface area contributed by atoms with Gasteiger partial charge in [0.2, 0.25) is 5.95 Å². The molecule has 106 valence electrons. The van der Waals surface area contributed by atoms with Crippen molar-refractivity contribution in [3.8, 4) is 0 Å². The van der Waals surface area contributed by atoms with Crippen molar-refractivity contribution in [2.45, 2.75) is 38.1 Å². The number of nitrogens with one attached hydrogen (secondary N) is 1. The Morgan fingerprint density at radius 2 is 2.05 bits per heavy atom. The van der Waals surface area contributed by atoms with Crippen LogP contribution in [0.1, 0.15) is 38.1 Å². The summed E-state index contributed by atoms with van der Waals surface area (Å²) < 4.78 is 15.6. The Hall–Kier alpha value is -1.55. The van der Waals surface area contributed by atoms with Gasteiger partial charge in [0.15, 0.2) is 0 Å². The van der Waals surface area contributed by atoms with Crippen LogP contribution in [0.3, 0.4) is 0 Å². The number of halogens is 2. The summed E-state index contributed by atoms with van der Waals surface area (Å²) in [4.78, 5) is 4.34. The Kier molecular flexibility index (Phi) is 3.92. The highest BCUT2D eigenvalue weighted by Crippen LogP contribution is 2.31. The largest absolute Gasteiger partial charge is 0.326 e. The first kappa shape index (κ1) is 13.4. The predicted octanol–water partition coefficient (Wildman–Crippen LogP) is 4.92. The molecule has 2 aromatic rings. The minimum absolute atomic E-state index is 0.131. The lowest BCUT2D eigenvalue weighted by atomic mass is 9.95. The molecule has 1 aromatic carbocycles. The topological polar surface area (TPSA) is 29.9 Å². The van der Waals surface area contributed by atoms with E-state index in [2.05, 4.69) is 14.9 Å². The van der Waals surface area contributed by atoms with Crippen LogP contribution >= 0.6 is 11.6 Å². The Morgan fingerprint density at radius 1 is 1.25 bits per heavy atom. The van der Waals surface area contributed by atoms with Gasteiger partial charge in [0, 0.05) is 24.1 Å². The molecule has 5 heteroatoms. The van der Waals surface area contributed by atoms with Crippen LogP contribution in [0.25, 0.3) is 0 Å². The molecular formula is C15H17ClFN3. The van der Waals surface area contributed by atoms with Crippen LogP contribution in [-0.2, 0) is 0 Å². The lowest BCUT2D eigenvalue weighted by molar-refractivity contribution is 0.356. The number of hydrogen-bond acceptors (Lipinski definition) is 2. The van der Waals surface area contributed by atoms with E-state index in [9.17, 15) is 4.39 Å². The standard InChI is InChI=1S/C15H17ClFN3/c16-13-7-6-11(10-14(13)17)19-15-18-8-9-20(15)12-4-2-1-3-5-12/h6-10,12H,1-5H2,(H,18,19). The summed E-state index contributed by atoms with van der Waals surface area (Å²) in [5, 5.41) is 3.30. The molecule has 0 unspecified atom stereocenters. The first-order valence-corrected chi connectivity index (χ1v) is 7.37. The van der Waals surface area contributed by atoms with E-state index in [1.165, 1.54) is 38.2 Å². The van der Waals surface area contributed by atoms with Gasteiger partial charge in [0.05, 0.1) is 5.02 Å². The normalized spacial score (nSPS) is 16.3. The number of rotatable bonds is 3. The van der Waals surface area contributed by atoms with Gasteiger partial charge in [-0.2, -0.15) is 0 Å². The van der Waals surface area contributed by atoms with Gasteiger partial charge in [-0.25, -0.2) is 9.37 Å². The first-order chi connectivity index (χ1) is 9.74. The minimum atomic E-state index is -0.424. The maximum Gasteiger partial charge on any atom is 0.207 e. The van der Waals surface area contributed by atoms with E-state index < -0.39 is 5.82 Å². The van der Waals surface area contributed by atoms with Gasteiger partial charge < -0.3 is 9.88 Å². The zero-order valence-corrected chi connectivity index (χ0v) is 11.9. The highest BCUT2D eigenvalue weighted by atomic mass is 35.5. The van der Waals surface area contributed by atoms with Crippen LogP contribution in [0.15, 0.2) is 30.6 Å². The number of imidazole rings is 1. The van der Waals surface area contributed by atoms with E-state index in [1.54, 1.807) is 18.3 Å². The summed E-state index contributed by atoms with van der Waals surface area (Å²) in [6.45, 7) is 0. The molecule has 1 N–H and O–H groups in total. The fourth-order valence-electron chi connectivity index (χ4n) is 2.77. The van der Waals surface area contributed by atoms with Crippen LogP contribution < -0.4 is 5.32 Å². The van der Waals surface area contributed by atoms with Crippen LogP contribution in [0.2, 0.25) is 5.02 Å². The Balaban J connectivity index is 1.80. The smallest absolute Gasteiger partial charge is 0.207 e. The molecule has 1 fully saturated rings. The summed E-state index contributed by atoms with van der Waals surface area (Å²) in [7, 11) is 0. The quantitative estimate of drug-likeness (QED) is 0.870. The third-order valence-corrected chi connectivity index (χ3v) is 4.12. The molecule has 0 atom stereocenters. The fraction of sp³-hybridized carbons (Fsp3) is 0.400. The lowest BCUT2D eigenvalue weighted by Gasteiger charge is -2.24. The van der Waals surface area contributed by atoms with E-state index in [0.29, 0.717) is 11.7 Å². The van der Waals surface area contributed by atoms with Gasteiger partial charge >= 0.3 is 0 Å². The van der Waals surface area contributed by atoms with E-state index in [1.807, 2.05) is 6.20 Å². The van der Waals surface area contributed by atoms with Gasteiger partial charge in [-0.15, -0.1) is 0 Å². The summed E-state index contributed by atoms with van der Waals surface area (Å²) in [6, 6.07) is 5.19. The van der Waals surface area contributed by atoms with Crippen molar-refractivity contribution in [3.63, 3.8) is 0 Å². The molecule has 1 saturated carbocycles. The average molecular weight is 294 g/mol. The highest BCUT2D eigenvalue weighted by Gasteiger charge is 2.17. The molecule has 1 aliphatic rings. The second kappa shape index (κ2) is 5.83. The molecule has 0 radical (unpaired) electrons. The van der Waals surface area contributed by atoms with Crippen molar-refractivity contribution in [2.24, 2.45) is 0 Å². The molecule has 20 heavy (non-hydrogen) atoms. The van der Waals surface area contributed by atoms with E-state index in [0.717, 1.165) is 5.95 Å². The maximum absolute atomic E-state index is 13.5. The van der Waals surface area contributed by atoms with Gasteiger partial charge in [0.1, 0.15) is 5.82 Å². The van der Waals surface area contributed by atoms with E-state index in [-0.39, 0.29) is 5.02 Å².